The van der Waals surface area contributed by atoms with Gasteiger partial charge < -0.3 is 4.98 Å². The summed E-state index contributed by atoms with van der Waals surface area (Å²) >= 11 is 0. The Labute approximate surface area is 208 Å². The molecule has 6 aromatic carbocycles. The number of aromatic amines is 1. The fourth-order valence-corrected chi connectivity index (χ4v) is 7.34. The van der Waals surface area contributed by atoms with Crippen LogP contribution in [0.25, 0.3) is 54.8 Å². The van der Waals surface area contributed by atoms with Crippen LogP contribution in [-0.4, -0.2) is 4.98 Å². The summed E-state index contributed by atoms with van der Waals surface area (Å²) in [5.41, 5.74) is 13.1. The van der Waals surface area contributed by atoms with Crippen molar-refractivity contribution in [2.75, 3.05) is 0 Å². The van der Waals surface area contributed by atoms with Crippen molar-refractivity contribution < 1.29 is 0 Å². The van der Waals surface area contributed by atoms with Gasteiger partial charge in [0.2, 0.25) is 0 Å². The molecule has 0 amide bonds. The van der Waals surface area contributed by atoms with Gasteiger partial charge in [-0.15, -0.1) is 0 Å². The Bertz CT molecular complexity index is 2010. The Morgan fingerprint density at radius 1 is 0.417 bits per heavy atom. The molecule has 0 atom stereocenters. The zero-order valence-electron chi connectivity index (χ0n) is 19.5. The molecule has 0 aliphatic heterocycles. The van der Waals surface area contributed by atoms with Crippen LogP contribution in [0.4, 0.5) is 0 Å². The lowest BCUT2D eigenvalue weighted by atomic mass is 9.70. The summed E-state index contributed by atoms with van der Waals surface area (Å²) in [6, 6.07) is 45.0. The largest absolute Gasteiger partial charge is 0.354 e. The van der Waals surface area contributed by atoms with Crippen molar-refractivity contribution in [1.29, 1.82) is 0 Å². The molecule has 0 bridgehead atoms. The van der Waals surface area contributed by atoms with E-state index in [-0.39, 0.29) is 5.41 Å². The maximum absolute atomic E-state index is 3.75. The molecular weight excluding hydrogens is 434 g/mol. The quantitative estimate of drug-likeness (QED) is 0.235. The van der Waals surface area contributed by atoms with Crippen LogP contribution in [0.15, 0.2) is 121 Å². The van der Waals surface area contributed by atoms with Crippen molar-refractivity contribution >= 4 is 32.6 Å². The lowest BCUT2D eigenvalue weighted by Gasteiger charge is -2.30. The minimum absolute atomic E-state index is 0.304. The van der Waals surface area contributed by atoms with E-state index in [1.165, 1.54) is 77.1 Å². The van der Waals surface area contributed by atoms with Gasteiger partial charge in [0, 0.05) is 21.8 Å². The van der Waals surface area contributed by atoms with Gasteiger partial charge in [0.15, 0.2) is 0 Å². The molecule has 1 aromatic heterocycles. The van der Waals surface area contributed by atoms with Gasteiger partial charge in [-0.25, -0.2) is 0 Å². The molecular formula is C35H21N. The molecule has 166 valence electrons. The van der Waals surface area contributed by atoms with E-state index in [4.69, 9.17) is 0 Å². The average molecular weight is 456 g/mol. The molecule has 0 unspecified atom stereocenters. The first-order valence-corrected chi connectivity index (χ1v) is 12.6. The topological polar surface area (TPSA) is 15.8 Å². The van der Waals surface area contributed by atoms with Crippen molar-refractivity contribution in [1.82, 2.24) is 4.98 Å². The lowest BCUT2D eigenvalue weighted by molar-refractivity contribution is 0.794. The summed E-state index contributed by atoms with van der Waals surface area (Å²) in [6.45, 7) is 0. The van der Waals surface area contributed by atoms with E-state index in [1.54, 1.807) is 0 Å². The zero-order chi connectivity index (χ0) is 23.4. The molecule has 7 aromatic rings. The molecule has 2 aliphatic carbocycles. The maximum Gasteiger partial charge on any atom is 0.0725 e. The normalized spacial score (nSPS) is 14.3. The van der Waals surface area contributed by atoms with E-state index < -0.39 is 0 Å². The minimum atomic E-state index is -0.304. The van der Waals surface area contributed by atoms with Crippen LogP contribution >= 0.6 is 0 Å². The molecule has 1 N–H and O–H groups in total. The number of H-pyrrole nitrogens is 1. The first-order chi connectivity index (χ1) is 17.9. The van der Waals surface area contributed by atoms with Crippen molar-refractivity contribution in [2.45, 2.75) is 5.41 Å². The molecule has 0 saturated heterocycles. The number of fused-ring (bicyclic) bond motifs is 16. The summed E-state index contributed by atoms with van der Waals surface area (Å²) in [4.78, 5) is 3.75. The number of benzene rings is 6. The van der Waals surface area contributed by atoms with Gasteiger partial charge in [-0.3, -0.25) is 0 Å². The Morgan fingerprint density at radius 2 is 0.972 bits per heavy atom. The Hall–Kier alpha value is -4.62. The Balaban J connectivity index is 1.55. The van der Waals surface area contributed by atoms with Gasteiger partial charge in [-0.2, -0.15) is 0 Å². The van der Waals surface area contributed by atoms with Crippen LogP contribution in [0, 0.1) is 0 Å². The summed E-state index contributed by atoms with van der Waals surface area (Å²) in [6.07, 6.45) is 0. The van der Waals surface area contributed by atoms with Crippen LogP contribution in [0.1, 0.15) is 22.3 Å². The van der Waals surface area contributed by atoms with Crippen LogP contribution in [0.3, 0.4) is 0 Å². The summed E-state index contributed by atoms with van der Waals surface area (Å²) in [5, 5.41) is 5.25. The zero-order valence-corrected chi connectivity index (χ0v) is 19.5. The fourth-order valence-electron chi connectivity index (χ4n) is 7.34. The van der Waals surface area contributed by atoms with Gasteiger partial charge in [-0.1, -0.05) is 109 Å². The van der Waals surface area contributed by atoms with Crippen molar-refractivity contribution in [3.63, 3.8) is 0 Å². The highest BCUT2D eigenvalue weighted by molar-refractivity contribution is 6.25. The number of rotatable bonds is 0. The number of hydrogen-bond acceptors (Lipinski definition) is 0. The fraction of sp³-hybridized carbons (Fsp3) is 0.0286. The van der Waals surface area contributed by atoms with Crippen LogP contribution in [0.2, 0.25) is 0 Å². The van der Waals surface area contributed by atoms with E-state index in [2.05, 4.69) is 126 Å². The van der Waals surface area contributed by atoms with Crippen LogP contribution < -0.4 is 0 Å². The molecule has 1 spiro atoms. The smallest absolute Gasteiger partial charge is 0.0725 e. The third kappa shape index (κ3) is 1.98. The van der Waals surface area contributed by atoms with Gasteiger partial charge >= 0.3 is 0 Å². The molecule has 2 aliphatic rings. The first kappa shape index (κ1) is 18.7. The lowest BCUT2D eigenvalue weighted by Crippen LogP contribution is -2.25. The minimum Gasteiger partial charge on any atom is -0.354 e. The van der Waals surface area contributed by atoms with E-state index >= 15 is 0 Å². The van der Waals surface area contributed by atoms with Gasteiger partial charge in [-0.05, 0) is 67.4 Å². The van der Waals surface area contributed by atoms with Crippen LogP contribution in [-0.2, 0) is 5.41 Å². The Kier molecular flexibility index (Phi) is 3.28. The molecule has 0 fully saturated rings. The average Bonchev–Trinajstić information content (AvgIpc) is 3.57. The molecule has 0 saturated carbocycles. The van der Waals surface area contributed by atoms with Gasteiger partial charge in [0.1, 0.15) is 0 Å². The van der Waals surface area contributed by atoms with Crippen LogP contribution in [0.5, 0.6) is 0 Å². The third-order valence-electron chi connectivity index (χ3n) is 8.61. The highest BCUT2D eigenvalue weighted by atomic mass is 14.7. The second kappa shape index (κ2) is 6.33. The number of aromatic nitrogens is 1. The van der Waals surface area contributed by atoms with E-state index in [0.29, 0.717) is 0 Å². The number of hydrogen-bond donors (Lipinski definition) is 1. The first-order valence-electron chi connectivity index (χ1n) is 12.6. The summed E-state index contributed by atoms with van der Waals surface area (Å²) in [7, 11) is 0. The molecule has 0 radical (unpaired) electrons. The van der Waals surface area contributed by atoms with Crippen molar-refractivity contribution in [3.8, 4) is 22.3 Å². The molecule has 36 heavy (non-hydrogen) atoms. The second-order valence-corrected chi connectivity index (χ2v) is 10.1. The number of nitrogens with one attached hydrogen (secondary N) is 1. The molecule has 1 heteroatoms. The van der Waals surface area contributed by atoms with Gasteiger partial charge in [0.05, 0.1) is 5.41 Å². The predicted octanol–water partition coefficient (Wildman–Crippen LogP) is 8.82. The maximum atomic E-state index is 3.75. The standard InChI is InChI=1S/C35H21N/c1-2-10-22-21(9-1)17-19-30-33(22)34-31(36-30)20-18-29-32(34)25-13-5-8-16-28(25)35(29)26-14-6-3-11-23(26)24-12-4-7-15-27(24)35/h1-20,36H. The van der Waals surface area contributed by atoms with E-state index in [9.17, 15) is 0 Å². The highest BCUT2D eigenvalue weighted by Gasteiger charge is 2.51. The van der Waals surface area contributed by atoms with Gasteiger partial charge in [0.25, 0.3) is 0 Å². The summed E-state index contributed by atoms with van der Waals surface area (Å²) < 4.78 is 0. The molecule has 1 nitrogen and oxygen atoms in total. The summed E-state index contributed by atoms with van der Waals surface area (Å²) in [5.74, 6) is 0. The third-order valence-corrected chi connectivity index (χ3v) is 8.61. The van der Waals surface area contributed by atoms with E-state index in [1.807, 2.05) is 0 Å². The van der Waals surface area contributed by atoms with E-state index in [0.717, 1.165) is 0 Å². The van der Waals surface area contributed by atoms with Crippen molar-refractivity contribution in [3.05, 3.63) is 144 Å². The second-order valence-electron chi connectivity index (χ2n) is 10.1. The molecule has 9 rings (SSSR count). The SMILES string of the molecule is c1ccc2c(c1)-c1ccccc1C21c2ccccc2-c2c1ccc1[nH]c3ccc4ccccc4c3c21. The molecule has 1 heterocycles. The highest BCUT2D eigenvalue weighted by Crippen LogP contribution is 2.64. The monoisotopic (exact) mass is 455 g/mol. The van der Waals surface area contributed by atoms with Crippen molar-refractivity contribution in [2.24, 2.45) is 0 Å². The predicted molar refractivity (Wildman–Crippen MR) is 150 cm³/mol. The Morgan fingerprint density at radius 3 is 1.72 bits per heavy atom.